The van der Waals surface area contributed by atoms with Crippen molar-refractivity contribution in [1.82, 2.24) is 10.2 Å². The largest absolute Gasteiger partial charge is 0.353 e. The topological polar surface area (TPSA) is 32.3 Å². The molecule has 1 aliphatic heterocycles. The quantitative estimate of drug-likeness (QED) is 0.786. The summed E-state index contributed by atoms with van der Waals surface area (Å²) in [5.41, 5.74) is 1.37. The summed E-state index contributed by atoms with van der Waals surface area (Å²) in [4.78, 5) is 14.3. The van der Waals surface area contributed by atoms with Crippen LogP contribution < -0.4 is 5.32 Å². The minimum absolute atomic E-state index is 0.227. The van der Waals surface area contributed by atoms with Crippen LogP contribution in [0.2, 0.25) is 0 Å². The third-order valence-corrected chi connectivity index (χ3v) is 4.65. The van der Waals surface area contributed by atoms with Gasteiger partial charge in [0, 0.05) is 32.1 Å². The van der Waals surface area contributed by atoms with Gasteiger partial charge in [0.15, 0.2) is 0 Å². The zero-order valence-electron chi connectivity index (χ0n) is 12.9. The normalized spacial score (nSPS) is 16.8. The van der Waals surface area contributed by atoms with Crippen LogP contribution in [0, 0.1) is 0 Å². The van der Waals surface area contributed by atoms with Gasteiger partial charge in [-0.1, -0.05) is 30.3 Å². The monoisotopic (exact) mass is 306 g/mol. The molecule has 0 aromatic heterocycles. The number of benzene rings is 1. The van der Waals surface area contributed by atoms with Gasteiger partial charge in [-0.2, -0.15) is 11.8 Å². The Balaban J connectivity index is 1.65. The van der Waals surface area contributed by atoms with Crippen LogP contribution >= 0.6 is 11.8 Å². The van der Waals surface area contributed by atoms with Crippen molar-refractivity contribution in [2.24, 2.45) is 0 Å². The Labute approximate surface area is 132 Å². The molecule has 1 heterocycles. The second kappa shape index (κ2) is 9.11. The van der Waals surface area contributed by atoms with E-state index in [1.807, 2.05) is 0 Å². The highest BCUT2D eigenvalue weighted by Crippen LogP contribution is 2.14. The van der Waals surface area contributed by atoms with Gasteiger partial charge in [0.2, 0.25) is 5.91 Å². The average molecular weight is 306 g/mol. The number of hydrogen-bond acceptors (Lipinski definition) is 3. The minimum Gasteiger partial charge on any atom is -0.353 e. The van der Waals surface area contributed by atoms with E-state index in [0.717, 1.165) is 44.6 Å². The van der Waals surface area contributed by atoms with Crippen molar-refractivity contribution in [3.05, 3.63) is 35.9 Å². The van der Waals surface area contributed by atoms with Crippen LogP contribution in [0.5, 0.6) is 0 Å². The number of thioether (sulfide) groups is 1. The zero-order chi connectivity index (χ0) is 14.9. The van der Waals surface area contributed by atoms with Crippen molar-refractivity contribution in [2.45, 2.75) is 38.3 Å². The zero-order valence-corrected chi connectivity index (χ0v) is 13.7. The van der Waals surface area contributed by atoms with Gasteiger partial charge in [0.25, 0.3) is 0 Å². The molecule has 1 amide bonds. The van der Waals surface area contributed by atoms with Gasteiger partial charge in [-0.05, 0) is 36.8 Å². The Hall–Kier alpha value is -1.00. The van der Waals surface area contributed by atoms with Gasteiger partial charge in [0.05, 0.1) is 0 Å². The van der Waals surface area contributed by atoms with E-state index in [2.05, 4.69) is 46.8 Å². The molecule has 1 aliphatic rings. The van der Waals surface area contributed by atoms with Gasteiger partial charge in [-0.25, -0.2) is 0 Å². The van der Waals surface area contributed by atoms with Gasteiger partial charge in [-0.15, -0.1) is 0 Å². The molecular weight excluding hydrogens is 280 g/mol. The maximum absolute atomic E-state index is 11.8. The molecule has 0 bridgehead atoms. The fourth-order valence-electron chi connectivity index (χ4n) is 2.75. The number of hydrogen-bond donors (Lipinski definition) is 1. The molecule has 0 aliphatic carbocycles. The van der Waals surface area contributed by atoms with Gasteiger partial charge in [0.1, 0.15) is 0 Å². The van der Waals surface area contributed by atoms with Crippen molar-refractivity contribution in [3.63, 3.8) is 0 Å². The molecule has 3 nitrogen and oxygen atoms in total. The summed E-state index contributed by atoms with van der Waals surface area (Å²) in [5.74, 6) is 1.30. The average Bonchev–Trinajstić information content (AvgIpc) is 2.51. The predicted octanol–water partition coefficient (Wildman–Crippen LogP) is 2.91. The van der Waals surface area contributed by atoms with Crippen LogP contribution in [0.25, 0.3) is 0 Å². The van der Waals surface area contributed by atoms with Crippen LogP contribution in [0.4, 0.5) is 0 Å². The maximum atomic E-state index is 11.8. The minimum atomic E-state index is 0.227. The predicted molar refractivity (Wildman–Crippen MR) is 90.5 cm³/mol. The fraction of sp³-hybridized carbons (Fsp3) is 0.588. The molecule has 4 heteroatoms. The van der Waals surface area contributed by atoms with E-state index >= 15 is 0 Å². The second-order valence-electron chi connectivity index (χ2n) is 5.70. The number of nitrogens with one attached hydrogen (secondary N) is 1. The smallest absolute Gasteiger partial charge is 0.220 e. The van der Waals surface area contributed by atoms with E-state index in [-0.39, 0.29) is 5.91 Å². The number of carbonyl (C=O) groups is 1. The van der Waals surface area contributed by atoms with E-state index < -0.39 is 0 Å². The molecule has 0 spiro atoms. The third kappa shape index (κ3) is 6.10. The van der Waals surface area contributed by atoms with Crippen molar-refractivity contribution < 1.29 is 4.79 Å². The summed E-state index contributed by atoms with van der Waals surface area (Å²) < 4.78 is 0. The van der Waals surface area contributed by atoms with E-state index in [0.29, 0.717) is 12.5 Å². The SMILES string of the molecule is CSCCCC(=O)NC1CCN(Cc2ccccc2)CC1. The first kappa shape index (κ1) is 16.4. The molecule has 0 radical (unpaired) electrons. The molecule has 1 fully saturated rings. The first-order valence-corrected chi connectivity index (χ1v) is 9.22. The van der Waals surface area contributed by atoms with E-state index in [9.17, 15) is 4.79 Å². The van der Waals surface area contributed by atoms with Gasteiger partial charge < -0.3 is 5.32 Å². The first-order chi connectivity index (χ1) is 10.3. The van der Waals surface area contributed by atoms with Crippen molar-refractivity contribution >= 4 is 17.7 Å². The molecule has 2 rings (SSSR count). The molecule has 1 saturated heterocycles. The van der Waals surface area contributed by atoms with Gasteiger partial charge >= 0.3 is 0 Å². The summed E-state index contributed by atoms with van der Waals surface area (Å²) in [5, 5.41) is 3.19. The van der Waals surface area contributed by atoms with E-state index in [1.165, 1.54) is 5.56 Å². The Bertz CT molecular complexity index is 416. The van der Waals surface area contributed by atoms with Crippen LogP contribution in [-0.4, -0.2) is 41.9 Å². The highest BCUT2D eigenvalue weighted by Gasteiger charge is 2.20. The molecule has 21 heavy (non-hydrogen) atoms. The molecule has 1 aromatic carbocycles. The molecular formula is C17H26N2OS. The Morgan fingerprint density at radius 1 is 1.29 bits per heavy atom. The molecule has 116 valence electrons. The second-order valence-corrected chi connectivity index (χ2v) is 6.69. The third-order valence-electron chi connectivity index (χ3n) is 3.95. The van der Waals surface area contributed by atoms with Crippen LogP contribution in [0.1, 0.15) is 31.2 Å². The number of piperidine rings is 1. The molecule has 0 atom stereocenters. The Morgan fingerprint density at radius 3 is 2.67 bits per heavy atom. The van der Waals surface area contributed by atoms with E-state index in [4.69, 9.17) is 0 Å². The van der Waals surface area contributed by atoms with Gasteiger partial charge in [-0.3, -0.25) is 9.69 Å². The highest BCUT2D eigenvalue weighted by molar-refractivity contribution is 7.98. The summed E-state index contributed by atoms with van der Waals surface area (Å²) in [7, 11) is 0. The lowest BCUT2D eigenvalue weighted by molar-refractivity contribution is -0.122. The molecule has 1 aromatic rings. The number of likely N-dealkylation sites (tertiary alicyclic amines) is 1. The number of nitrogens with zero attached hydrogens (tertiary/aromatic N) is 1. The highest BCUT2D eigenvalue weighted by atomic mass is 32.2. The van der Waals surface area contributed by atoms with E-state index in [1.54, 1.807) is 11.8 Å². The number of carbonyl (C=O) groups excluding carboxylic acids is 1. The molecule has 0 saturated carbocycles. The molecule has 0 unspecified atom stereocenters. The number of amides is 1. The first-order valence-electron chi connectivity index (χ1n) is 7.82. The van der Waals surface area contributed by atoms with Crippen LogP contribution in [0.3, 0.4) is 0 Å². The molecule has 1 N–H and O–H groups in total. The maximum Gasteiger partial charge on any atom is 0.220 e. The fourth-order valence-corrected chi connectivity index (χ4v) is 3.19. The summed E-state index contributed by atoms with van der Waals surface area (Å²) >= 11 is 1.80. The summed E-state index contributed by atoms with van der Waals surface area (Å²) in [6.07, 6.45) is 5.88. The van der Waals surface area contributed by atoms with Crippen LogP contribution in [0.15, 0.2) is 30.3 Å². The summed E-state index contributed by atoms with van der Waals surface area (Å²) in [6, 6.07) is 11.0. The summed E-state index contributed by atoms with van der Waals surface area (Å²) in [6.45, 7) is 3.17. The lowest BCUT2D eigenvalue weighted by Gasteiger charge is -2.32. The van der Waals surface area contributed by atoms with Crippen molar-refractivity contribution in [3.8, 4) is 0 Å². The standard InChI is InChI=1S/C17H26N2OS/c1-21-13-5-8-17(20)18-16-9-11-19(12-10-16)14-15-6-3-2-4-7-15/h2-4,6-7,16H,5,8-14H2,1H3,(H,18,20). The van der Waals surface area contributed by atoms with Crippen molar-refractivity contribution in [2.75, 3.05) is 25.1 Å². The van der Waals surface area contributed by atoms with Crippen LogP contribution in [-0.2, 0) is 11.3 Å². The van der Waals surface area contributed by atoms with Crippen molar-refractivity contribution in [1.29, 1.82) is 0 Å². The lowest BCUT2D eigenvalue weighted by Crippen LogP contribution is -2.44. The Kier molecular flexibility index (Phi) is 7.10. The Morgan fingerprint density at radius 2 is 2.00 bits per heavy atom. The lowest BCUT2D eigenvalue weighted by atomic mass is 10.0. The number of rotatable bonds is 7.